The van der Waals surface area contributed by atoms with Gasteiger partial charge in [0.15, 0.2) is 12.4 Å². The van der Waals surface area contributed by atoms with E-state index in [1.807, 2.05) is 23.5 Å². The highest BCUT2D eigenvalue weighted by molar-refractivity contribution is 8.04. The molecule has 0 unspecified atom stereocenters. The smallest absolute Gasteiger partial charge is 0.213 e. The zero-order valence-electron chi connectivity index (χ0n) is 34.1. The van der Waals surface area contributed by atoms with Crippen LogP contribution in [0.3, 0.4) is 0 Å². The molecule has 4 aromatic carbocycles. The molecule has 0 spiro atoms. The lowest BCUT2D eigenvalue weighted by atomic mass is 10.0. The van der Waals surface area contributed by atoms with Gasteiger partial charge in [0.2, 0.25) is 11.0 Å². The van der Waals surface area contributed by atoms with Gasteiger partial charge >= 0.3 is 0 Å². The molecule has 6 nitrogen and oxygen atoms in total. The predicted octanol–water partition coefficient (Wildman–Crippen LogP) is 9.57. The quantitative estimate of drug-likeness (QED) is 0.0695. The van der Waals surface area contributed by atoms with Crippen molar-refractivity contribution in [2.45, 2.75) is 48.6 Å². The van der Waals surface area contributed by atoms with Crippen molar-refractivity contribution in [3.05, 3.63) is 143 Å². The molecule has 2 aromatic heterocycles. The fourth-order valence-corrected chi connectivity index (χ4v) is 12.3. The number of nitrogens with zero attached hydrogens (tertiary/aromatic N) is 6. The number of hydrogen-bond acceptors (Lipinski definition) is 4. The van der Waals surface area contributed by atoms with Gasteiger partial charge in [0.1, 0.15) is 52.4 Å². The lowest BCUT2D eigenvalue weighted by Crippen LogP contribution is -2.75. The number of para-hydroxylation sites is 4. The lowest BCUT2D eigenvalue weighted by Gasteiger charge is -2.55. The minimum Gasteiger partial charge on any atom is -0.338 e. The highest BCUT2D eigenvalue weighted by Gasteiger charge is 2.48. The number of quaternary nitrogens is 2. The number of benzene rings is 4. The van der Waals surface area contributed by atoms with Gasteiger partial charge in [0, 0.05) is 73.8 Å². The normalized spacial score (nSPS) is 22.4. The highest BCUT2D eigenvalue weighted by atomic mass is 32.2. The van der Waals surface area contributed by atoms with Gasteiger partial charge < -0.3 is 18.8 Å². The van der Waals surface area contributed by atoms with E-state index in [4.69, 9.17) is 0 Å². The number of unbranched alkanes of at least 4 members (excludes halogenated alkanes) is 2. The van der Waals surface area contributed by atoms with Crippen LogP contribution in [0, 0.1) is 0 Å². The van der Waals surface area contributed by atoms with Gasteiger partial charge in [0.25, 0.3) is 0 Å². The Morgan fingerprint density at radius 1 is 0.500 bits per heavy atom. The molecule has 0 saturated carbocycles. The summed E-state index contributed by atoms with van der Waals surface area (Å²) in [5.74, 6) is 0. The number of thioether (sulfide) groups is 2. The van der Waals surface area contributed by atoms with Crippen molar-refractivity contribution in [3.63, 3.8) is 0 Å². The van der Waals surface area contributed by atoms with Crippen molar-refractivity contribution >= 4 is 68.9 Å². The van der Waals surface area contributed by atoms with Gasteiger partial charge in [-0.3, -0.25) is 0 Å². The van der Waals surface area contributed by atoms with Crippen LogP contribution in [0.1, 0.15) is 36.8 Å². The summed E-state index contributed by atoms with van der Waals surface area (Å²) in [4.78, 5) is 7.31. The molecular weight excluding hydrogens is 749 g/mol. The molecule has 2 bridgehead atoms. The maximum atomic E-state index is 2.49. The van der Waals surface area contributed by atoms with E-state index >= 15 is 0 Å². The van der Waals surface area contributed by atoms with Crippen LogP contribution in [0.2, 0.25) is 0 Å². The number of pyridine rings is 2. The van der Waals surface area contributed by atoms with E-state index in [2.05, 4.69) is 167 Å². The van der Waals surface area contributed by atoms with Gasteiger partial charge in [-0.1, -0.05) is 72.1 Å². The standard InChI is InChI=1S/C50H56N6S2/c1-51-45-19-7-9-21-47(45)57-49(51)37-39-23-27-53(43-17-5-3-15-41(39)43)25-11-13-29-55-31-34-56(35-32-55,36-33-55)30-14-12-26-54-28-24-40(42-16-4-6-18-44(42)54)38-50-52(2)46-20-8-10-22-48(46)58-50/h3-10,15-24,27-28,37-38H,11-14,25-26,29-36H2,1-2H3/q+4. The van der Waals surface area contributed by atoms with Crippen molar-refractivity contribution in [3.8, 4) is 0 Å². The maximum absolute atomic E-state index is 2.49. The molecule has 294 valence electrons. The number of anilines is 2. The van der Waals surface area contributed by atoms with Gasteiger partial charge in [-0.25, -0.2) is 0 Å². The third-order valence-corrected chi connectivity index (χ3v) is 16.1. The molecule has 58 heavy (non-hydrogen) atoms. The molecule has 8 heteroatoms. The minimum absolute atomic E-state index is 1.08. The first kappa shape index (κ1) is 37.7. The average Bonchev–Trinajstić information content (AvgIpc) is 3.77. The number of aryl methyl sites for hydroxylation is 2. The minimum atomic E-state index is 1.08. The fraction of sp³-hybridized carbons (Fsp3) is 0.320. The summed E-state index contributed by atoms with van der Waals surface area (Å²) in [6, 6.07) is 40.0. The van der Waals surface area contributed by atoms with E-state index in [0.29, 0.717) is 0 Å². The number of fused-ring (bicyclic) bond motifs is 7. The molecule has 0 radical (unpaired) electrons. The van der Waals surface area contributed by atoms with Gasteiger partial charge in [0.05, 0.1) is 45.3 Å². The molecule has 11 rings (SSSR count). The van der Waals surface area contributed by atoms with Gasteiger partial charge in [-0.05, 0) is 59.7 Å². The number of rotatable bonds is 12. The summed E-state index contributed by atoms with van der Waals surface area (Å²) in [7, 11) is 4.36. The first-order valence-electron chi connectivity index (χ1n) is 21.4. The summed E-state index contributed by atoms with van der Waals surface area (Å²) in [6.45, 7) is 13.0. The van der Waals surface area contributed by atoms with Crippen molar-refractivity contribution in [2.24, 2.45) is 0 Å². The number of hydrogen-bond donors (Lipinski definition) is 0. The Morgan fingerprint density at radius 3 is 1.33 bits per heavy atom. The Morgan fingerprint density at radius 2 is 0.897 bits per heavy atom. The third kappa shape index (κ3) is 7.23. The van der Waals surface area contributed by atoms with Crippen molar-refractivity contribution < 1.29 is 18.1 Å². The molecule has 5 aliphatic rings. The van der Waals surface area contributed by atoms with E-state index in [-0.39, 0.29) is 0 Å². The van der Waals surface area contributed by atoms with Crippen LogP contribution in [0.15, 0.2) is 141 Å². The van der Waals surface area contributed by atoms with Crippen molar-refractivity contribution in [1.82, 2.24) is 0 Å². The Hall–Kier alpha value is -4.60. The van der Waals surface area contributed by atoms with Crippen molar-refractivity contribution in [2.75, 3.05) is 76.3 Å². The molecule has 0 atom stereocenters. The second kappa shape index (κ2) is 15.9. The average molecular weight is 805 g/mol. The van der Waals surface area contributed by atoms with Crippen molar-refractivity contribution in [1.29, 1.82) is 0 Å². The summed E-state index contributed by atoms with van der Waals surface area (Å²) in [5, 5.41) is 5.24. The third-order valence-electron chi connectivity index (χ3n) is 13.7. The summed E-state index contributed by atoms with van der Waals surface area (Å²) in [5.41, 5.74) is 7.85. The van der Waals surface area contributed by atoms with Crippen LogP contribution in [0.25, 0.3) is 34.0 Å². The first-order valence-corrected chi connectivity index (χ1v) is 23.1. The largest absolute Gasteiger partial charge is 0.338 e. The Kier molecular flexibility index (Phi) is 10.3. The van der Waals surface area contributed by atoms with Gasteiger partial charge in [-0.15, -0.1) is 0 Å². The second-order valence-electron chi connectivity index (χ2n) is 17.1. The van der Waals surface area contributed by atoms with Crippen LogP contribution in [0.5, 0.6) is 0 Å². The van der Waals surface area contributed by atoms with E-state index in [0.717, 1.165) is 13.1 Å². The van der Waals surface area contributed by atoms with E-state index in [1.54, 1.807) is 0 Å². The fourth-order valence-electron chi connectivity index (χ4n) is 10.1. The number of piperazine rings is 3. The Balaban J connectivity index is 0.709. The molecule has 7 heterocycles. The molecule has 0 amide bonds. The molecule has 0 N–H and O–H groups in total. The van der Waals surface area contributed by atoms with Crippen LogP contribution in [-0.4, -0.2) is 75.4 Å². The van der Waals surface area contributed by atoms with E-state index in [1.165, 1.54) is 151 Å². The topological polar surface area (TPSA) is 14.2 Å². The molecule has 3 saturated heterocycles. The highest BCUT2D eigenvalue weighted by Crippen LogP contribution is 2.47. The first-order chi connectivity index (χ1) is 28.5. The van der Waals surface area contributed by atoms with Crippen LogP contribution < -0.4 is 18.9 Å². The molecular formula is C50H56N6S2+4. The molecule has 0 aliphatic carbocycles. The van der Waals surface area contributed by atoms with E-state index < -0.39 is 0 Å². The van der Waals surface area contributed by atoms with Crippen LogP contribution in [0.4, 0.5) is 11.4 Å². The molecule has 6 aromatic rings. The zero-order valence-corrected chi connectivity index (χ0v) is 35.7. The second-order valence-corrected chi connectivity index (χ2v) is 19.2. The number of aromatic nitrogens is 2. The monoisotopic (exact) mass is 804 g/mol. The van der Waals surface area contributed by atoms with Crippen LogP contribution >= 0.6 is 23.5 Å². The summed E-state index contributed by atoms with van der Waals surface area (Å²) >= 11 is 3.73. The Bertz CT molecular complexity index is 2360. The lowest BCUT2D eigenvalue weighted by molar-refractivity contribution is -1.08. The summed E-state index contributed by atoms with van der Waals surface area (Å²) < 4.78 is 7.70. The predicted molar refractivity (Wildman–Crippen MR) is 244 cm³/mol. The SMILES string of the molecule is CN1/C(=C/c2cc[n+](CCCC[N+]34CC[N+](CCCC[n+]5ccc(/C=C6\Sc7ccccc7N6C)c6ccccc65)(CC3)CC4)c3ccccc23)Sc2ccccc21. The van der Waals surface area contributed by atoms with Crippen LogP contribution in [-0.2, 0) is 13.1 Å². The molecule has 5 aliphatic heterocycles. The molecule has 3 fully saturated rings. The maximum Gasteiger partial charge on any atom is 0.213 e. The van der Waals surface area contributed by atoms with Gasteiger partial charge in [-0.2, -0.15) is 9.13 Å². The Labute approximate surface area is 352 Å². The summed E-state index contributed by atoms with van der Waals surface area (Å²) in [6.07, 6.45) is 14.5. The van der Waals surface area contributed by atoms with E-state index in [9.17, 15) is 0 Å². The zero-order chi connectivity index (χ0) is 39.1.